The van der Waals surface area contributed by atoms with Crippen LogP contribution in [0.15, 0.2) is 30.6 Å². The van der Waals surface area contributed by atoms with Gasteiger partial charge in [0.25, 0.3) is 0 Å². The molecule has 2 heterocycles. The Morgan fingerprint density at radius 1 is 1.22 bits per heavy atom. The maximum atomic E-state index is 11.8. The number of benzene rings is 1. The molecule has 0 atom stereocenters. The molecule has 1 saturated heterocycles. The molecule has 7 nitrogen and oxygen atoms in total. The summed E-state index contributed by atoms with van der Waals surface area (Å²) in [5.74, 6) is 1.29. The van der Waals surface area contributed by atoms with Crippen LogP contribution in [0.4, 0.5) is 23.0 Å². The van der Waals surface area contributed by atoms with Crippen molar-refractivity contribution in [3.63, 3.8) is 0 Å². The molecule has 0 radical (unpaired) electrons. The number of piperidine rings is 1. The van der Waals surface area contributed by atoms with Crippen LogP contribution in [0.25, 0.3) is 0 Å². The summed E-state index contributed by atoms with van der Waals surface area (Å²) in [6.45, 7) is 5.95. The van der Waals surface area contributed by atoms with Gasteiger partial charge in [0.2, 0.25) is 11.6 Å². The van der Waals surface area contributed by atoms with Crippen LogP contribution in [0.2, 0.25) is 0 Å². The van der Waals surface area contributed by atoms with Gasteiger partial charge in [-0.2, -0.15) is 0 Å². The third-order valence-corrected chi connectivity index (χ3v) is 5.10. The second kappa shape index (κ2) is 8.79. The van der Waals surface area contributed by atoms with Crippen LogP contribution in [0.1, 0.15) is 45.1 Å². The zero-order chi connectivity index (χ0) is 19.2. The van der Waals surface area contributed by atoms with Gasteiger partial charge in [-0.05, 0) is 49.3 Å². The van der Waals surface area contributed by atoms with Gasteiger partial charge < -0.3 is 10.2 Å². The van der Waals surface area contributed by atoms with E-state index >= 15 is 0 Å². The topological polar surface area (TPSA) is 84.2 Å². The van der Waals surface area contributed by atoms with Crippen LogP contribution in [-0.2, 0) is 6.42 Å². The van der Waals surface area contributed by atoms with Crippen molar-refractivity contribution in [1.29, 1.82) is 0 Å². The van der Waals surface area contributed by atoms with Crippen LogP contribution in [0.5, 0.6) is 0 Å². The number of nitrogens with one attached hydrogen (secondary N) is 1. The predicted molar refractivity (Wildman–Crippen MR) is 108 cm³/mol. The minimum absolute atomic E-state index is 0.0536. The molecule has 1 aromatic carbocycles. The Balaban J connectivity index is 1.82. The summed E-state index contributed by atoms with van der Waals surface area (Å²) in [6.07, 6.45) is 6.79. The van der Waals surface area contributed by atoms with E-state index in [9.17, 15) is 10.1 Å². The average molecular weight is 369 g/mol. The second-order valence-corrected chi connectivity index (χ2v) is 7.25. The number of aryl methyl sites for hydroxylation is 1. The number of nitro groups is 1. The van der Waals surface area contributed by atoms with Crippen molar-refractivity contribution in [2.75, 3.05) is 23.3 Å². The van der Waals surface area contributed by atoms with Crippen molar-refractivity contribution in [2.45, 2.75) is 46.0 Å². The number of hydrogen-bond acceptors (Lipinski definition) is 6. The fourth-order valence-corrected chi connectivity index (χ4v) is 3.35. The fourth-order valence-electron chi connectivity index (χ4n) is 3.35. The van der Waals surface area contributed by atoms with Crippen LogP contribution < -0.4 is 10.2 Å². The molecule has 1 N–H and O–H groups in total. The third kappa shape index (κ3) is 4.72. The lowest BCUT2D eigenvalue weighted by molar-refractivity contribution is -0.383. The molecule has 1 aliphatic heterocycles. The Kier molecular flexibility index (Phi) is 6.21. The molecule has 144 valence electrons. The smallest absolute Gasteiger partial charge is 0.351 e. The summed E-state index contributed by atoms with van der Waals surface area (Å²) in [7, 11) is 0. The van der Waals surface area contributed by atoms with E-state index in [1.54, 1.807) is 0 Å². The second-order valence-electron chi connectivity index (χ2n) is 7.25. The molecule has 0 amide bonds. The fraction of sp³-hybridized carbons (Fsp3) is 0.500. The van der Waals surface area contributed by atoms with E-state index in [-0.39, 0.29) is 16.4 Å². The van der Waals surface area contributed by atoms with Crippen molar-refractivity contribution in [3.8, 4) is 0 Å². The molecule has 0 spiro atoms. The van der Waals surface area contributed by atoms with E-state index < -0.39 is 0 Å². The summed E-state index contributed by atoms with van der Waals surface area (Å²) in [4.78, 5) is 21.8. The predicted octanol–water partition coefficient (Wildman–Crippen LogP) is 4.71. The number of aromatic nitrogens is 2. The number of rotatable bonds is 7. The van der Waals surface area contributed by atoms with Gasteiger partial charge >= 0.3 is 5.69 Å². The Bertz CT molecular complexity index is 770. The maximum absolute atomic E-state index is 11.8. The van der Waals surface area contributed by atoms with Gasteiger partial charge in [0.15, 0.2) is 0 Å². The highest BCUT2D eigenvalue weighted by Crippen LogP contribution is 2.35. The molecule has 1 aliphatic rings. The molecule has 1 aromatic heterocycles. The first kappa shape index (κ1) is 19.1. The standard InChI is InChI=1S/C20H27N5O2/c1-3-4-5-16-6-8-17(9-7-16)23-19-18(25(26)27)20(22-14-21-19)24-12-10-15(2)11-13-24/h6-9,14-15H,3-5,10-13H2,1-2H3,(H,21,22,23). The Hall–Kier alpha value is -2.70. The highest BCUT2D eigenvalue weighted by molar-refractivity contribution is 5.74. The van der Waals surface area contributed by atoms with Crippen molar-refractivity contribution in [3.05, 3.63) is 46.3 Å². The SMILES string of the molecule is CCCCc1ccc(Nc2ncnc(N3CCC(C)CC3)c2[N+](=O)[O-])cc1. The average Bonchev–Trinajstić information content (AvgIpc) is 2.67. The minimum atomic E-state index is -0.384. The number of anilines is 3. The highest BCUT2D eigenvalue weighted by Gasteiger charge is 2.29. The molecule has 2 aromatic rings. The van der Waals surface area contributed by atoms with E-state index in [1.807, 2.05) is 17.0 Å². The lowest BCUT2D eigenvalue weighted by Gasteiger charge is -2.30. The van der Waals surface area contributed by atoms with E-state index in [2.05, 4.69) is 41.3 Å². The molecule has 27 heavy (non-hydrogen) atoms. The Labute approximate surface area is 160 Å². The van der Waals surface area contributed by atoms with Gasteiger partial charge in [0, 0.05) is 18.8 Å². The number of nitrogens with zero attached hydrogens (tertiary/aromatic N) is 4. The summed E-state index contributed by atoms with van der Waals surface area (Å²) < 4.78 is 0. The van der Waals surface area contributed by atoms with Gasteiger partial charge in [0.05, 0.1) is 4.92 Å². The molecule has 7 heteroatoms. The van der Waals surface area contributed by atoms with Gasteiger partial charge in [-0.1, -0.05) is 32.4 Å². The van der Waals surface area contributed by atoms with Gasteiger partial charge in [-0.25, -0.2) is 9.97 Å². The molecule has 0 saturated carbocycles. The summed E-state index contributed by atoms with van der Waals surface area (Å²) in [5, 5.41) is 14.9. The van der Waals surface area contributed by atoms with E-state index in [4.69, 9.17) is 0 Å². The van der Waals surface area contributed by atoms with Crippen molar-refractivity contribution < 1.29 is 4.92 Å². The van der Waals surface area contributed by atoms with E-state index in [1.165, 1.54) is 11.9 Å². The Morgan fingerprint density at radius 3 is 2.56 bits per heavy atom. The van der Waals surface area contributed by atoms with E-state index in [0.717, 1.165) is 50.9 Å². The van der Waals surface area contributed by atoms with Crippen LogP contribution >= 0.6 is 0 Å². The van der Waals surface area contributed by atoms with Crippen molar-refractivity contribution >= 4 is 23.0 Å². The molecular formula is C20H27N5O2. The molecule has 1 fully saturated rings. The zero-order valence-corrected chi connectivity index (χ0v) is 16.0. The van der Waals surface area contributed by atoms with Crippen LogP contribution in [0, 0.1) is 16.0 Å². The number of hydrogen-bond donors (Lipinski definition) is 1. The Morgan fingerprint density at radius 2 is 1.93 bits per heavy atom. The first-order chi connectivity index (χ1) is 13.1. The first-order valence-corrected chi connectivity index (χ1v) is 9.68. The maximum Gasteiger partial charge on any atom is 0.353 e. The third-order valence-electron chi connectivity index (χ3n) is 5.10. The molecular weight excluding hydrogens is 342 g/mol. The van der Waals surface area contributed by atoms with Gasteiger partial charge in [-0.15, -0.1) is 0 Å². The molecule has 0 aliphatic carbocycles. The molecule has 3 rings (SSSR count). The monoisotopic (exact) mass is 369 g/mol. The highest BCUT2D eigenvalue weighted by atomic mass is 16.6. The molecule has 0 unspecified atom stereocenters. The lowest BCUT2D eigenvalue weighted by atomic mass is 9.99. The minimum Gasteiger partial charge on any atom is -0.351 e. The number of unbranched alkanes of at least 4 members (excludes halogenated alkanes) is 1. The van der Waals surface area contributed by atoms with Gasteiger partial charge in [0.1, 0.15) is 6.33 Å². The molecule has 0 bridgehead atoms. The van der Waals surface area contributed by atoms with Crippen LogP contribution in [0.3, 0.4) is 0 Å². The van der Waals surface area contributed by atoms with Crippen molar-refractivity contribution in [2.24, 2.45) is 5.92 Å². The lowest BCUT2D eigenvalue weighted by Crippen LogP contribution is -2.34. The summed E-state index contributed by atoms with van der Waals surface area (Å²) >= 11 is 0. The summed E-state index contributed by atoms with van der Waals surface area (Å²) in [6, 6.07) is 7.99. The van der Waals surface area contributed by atoms with Gasteiger partial charge in [-0.3, -0.25) is 10.1 Å². The zero-order valence-electron chi connectivity index (χ0n) is 16.0. The van der Waals surface area contributed by atoms with Crippen molar-refractivity contribution in [1.82, 2.24) is 9.97 Å². The largest absolute Gasteiger partial charge is 0.353 e. The van der Waals surface area contributed by atoms with E-state index in [0.29, 0.717) is 11.7 Å². The first-order valence-electron chi connectivity index (χ1n) is 9.68. The normalized spacial score (nSPS) is 15.0. The quantitative estimate of drug-likeness (QED) is 0.562. The summed E-state index contributed by atoms with van der Waals surface area (Å²) in [5.41, 5.74) is 2.00. The van der Waals surface area contributed by atoms with Crippen LogP contribution in [-0.4, -0.2) is 28.0 Å².